The Labute approximate surface area is 356 Å². The first-order chi connectivity index (χ1) is 29.3. The zero-order chi connectivity index (χ0) is 46.1. The lowest BCUT2D eigenvalue weighted by Crippen LogP contribution is -2.62. The van der Waals surface area contributed by atoms with Gasteiger partial charge >= 0.3 is 5.97 Å². The van der Waals surface area contributed by atoms with Crippen molar-refractivity contribution in [2.75, 3.05) is 32.8 Å². The minimum Gasteiger partial charge on any atom is -0.508 e. The van der Waals surface area contributed by atoms with Crippen molar-refractivity contribution in [1.82, 2.24) is 26.6 Å². The lowest BCUT2D eigenvalue weighted by molar-refractivity contribution is -0.327. The lowest BCUT2D eigenvalue weighted by Gasteiger charge is -2.42. The third kappa shape index (κ3) is 16.1. The summed E-state index contributed by atoms with van der Waals surface area (Å²) in [7, 11) is 0. The zero-order valence-corrected chi connectivity index (χ0v) is 34.2. The second-order valence-electron chi connectivity index (χ2n) is 15.3. The van der Waals surface area contributed by atoms with Crippen LogP contribution in [0, 0.1) is 5.92 Å². The SMILES string of the molecule is CC(C)C[C@H](NC(=O)[C@H](Cc1ccccc1)NC(=O)CNC(=O)CNC(=O)[C@H](Cc1ccc(O)cc1)NC[C@H](O)[C@@H](O)[C@H](O[C@@H]1O[C@H](CO)[C@@H](O)[C@H](O)[C@H]1O)[C@H](O)CO)C(=O)O. The number of hydrogen-bond acceptors (Lipinski definition) is 17. The van der Waals surface area contributed by atoms with Crippen LogP contribution in [-0.4, -0.2) is 187 Å². The van der Waals surface area contributed by atoms with E-state index in [2.05, 4.69) is 26.6 Å². The Morgan fingerprint density at radius 1 is 0.726 bits per heavy atom. The van der Waals surface area contributed by atoms with E-state index in [0.717, 1.165) is 0 Å². The number of aliphatic carboxylic acids is 1. The minimum absolute atomic E-state index is 0.00548. The first-order valence-electron chi connectivity index (χ1n) is 19.9. The Balaban J connectivity index is 1.64. The first-order valence-corrected chi connectivity index (χ1v) is 19.9. The van der Waals surface area contributed by atoms with Crippen molar-refractivity contribution < 1.29 is 84.5 Å². The van der Waals surface area contributed by atoms with Crippen LogP contribution in [0.4, 0.5) is 0 Å². The maximum Gasteiger partial charge on any atom is 0.326 e. The van der Waals surface area contributed by atoms with Crippen LogP contribution < -0.4 is 26.6 Å². The van der Waals surface area contributed by atoms with E-state index < -0.39 is 136 Å². The quantitative estimate of drug-likeness (QED) is 0.0443. The van der Waals surface area contributed by atoms with Crippen LogP contribution in [-0.2, 0) is 46.3 Å². The Bertz CT molecular complexity index is 1720. The Kier molecular flexibility index (Phi) is 21.0. The van der Waals surface area contributed by atoms with Crippen LogP contribution in [0.15, 0.2) is 54.6 Å². The average Bonchev–Trinajstić information content (AvgIpc) is 3.24. The number of nitrogens with one attached hydrogen (secondary N) is 5. The molecule has 1 heterocycles. The second-order valence-corrected chi connectivity index (χ2v) is 15.3. The number of aliphatic hydroxyl groups is 8. The summed E-state index contributed by atoms with van der Waals surface area (Å²) in [6, 6.07) is 10.7. The van der Waals surface area contributed by atoms with Crippen LogP contribution in [0.2, 0.25) is 0 Å². The molecule has 1 saturated heterocycles. The molecule has 2 aromatic carbocycles. The lowest BCUT2D eigenvalue weighted by atomic mass is 9.98. The Hall–Kier alpha value is -4.85. The summed E-state index contributed by atoms with van der Waals surface area (Å²) in [6.07, 6.45) is -16.6. The van der Waals surface area contributed by atoms with Crippen molar-refractivity contribution in [3.63, 3.8) is 0 Å². The molecule has 0 spiro atoms. The molecule has 22 nitrogen and oxygen atoms in total. The second kappa shape index (κ2) is 25.3. The van der Waals surface area contributed by atoms with Gasteiger partial charge in [-0.25, -0.2) is 4.79 Å². The summed E-state index contributed by atoms with van der Waals surface area (Å²) in [5.41, 5.74) is 1.16. The van der Waals surface area contributed by atoms with Crippen LogP contribution in [0.1, 0.15) is 31.4 Å². The largest absolute Gasteiger partial charge is 0.508 e. The summed E-state index contributed by atoms with van der Waals surface area (Å²) in [5, 5.41) is 114. The minimum atomic E-state index is -2.07. The number of aliphatic hydroxyl groups excluding tert-OH is 8. The molecule has 0 saturated carbocycles. The summed E-state index contributed by atoms with van der Waals surface area (Å²) in [5.74, 6) is -4.56. The molecule has 15 N–H and O–H groups in total. The van der Waals surface area contributed by atoms with E-state index in [1.807, 2.05) is 0 Å². The predicted octanol–water partition coefficient (Wildman–Crippen LogP) is -5.27. The molecule has 0 aromatic heterocycles. The number of benzene rings is 2. The molecule has 0 unspecified atom stereocenters. The van der Waals surface area contributed by atoms with E-state index in [0.29, 0.717) is 11.1 Å². The summed E-state index contributed by atoms with van der Waals surface area (Å²) in [4.78, 5) is 64.2. The molecule has 1 aliphatic rings. The Morgan fingerprint density at radius 2 is 1.34 bits per heavy atom. The maximum absolute atomic E-state index is 13.4. The number of carbonyl (C=O) groups excluding carboxylic acids is 4. The van der Waals surface area contributed by atoms with Crippen LogP contribution in [0.3, 0.4) is 0 Å². The molecule has 0 radical (unpaired) electrons. The van der Waals surface area contributed by atoms with E-state index in [4.69, 9.17) is 9.47 Å². The summed E-state index contributed by atoms with van der Waals surface area (Å²) >= 11 is 0. The van der Waals surface area contributed by atoms with Crippen LogP contribution in [0.25, 0.3) is 0 Å². The van der Waals surface area contributed by atoms with Gasteiger partial charge in [-0.1, -0.05) is 56.3 Å². The highest BCUT2D eigenvalue weighted by Gasteiger charge is 2.47. The zero-order valence-electron chi connectivity index (χ0n) is 34.2. The highest BCUT2D eigenvalue weighted by Crippen LogP contribution is 2.25. The third-order valence-electron chi connectivity index (χ3n) is 9.83. The van der Waals surface area contributed by atoms with Gasteiger partial charge in [0.15, 0.2) is 6.29 Å². The number of carboxylic acids is 1. The Morgan fingerprint density at radius 3 is 1.94 bits per heavy atom. The van der Waals surface area contributed by atoms with Gasteiger partial charge in [-0.05, 0) is 42.0 Å². The highest BCUT2D eigenvalue weighted by atomic mass is 16.7. The molecule has 1 aliphatic heterocycles. The van der Waals surface area contributed by atoms with E-state index in [1.165, 1.54) is 24.3 Å². The van der Waals surface area contributed by atoms with Crippen molar-refractivity contribution in [2.24, 2.45) is 5.92 Å². The van der Waals surface area contributed by atoms with Gasteiger partial charge in [-0.15, -0.1) is 0 Å². The number of phenols is 1. The van der Waals surface area contributed by atoms with Gasteiger partial charge in [-0.3, -0.25) is 19.2 Å². The number of ether oxygens (including phenoxy) is 2. The molecule has 0 bridgehead atoms. The van der Waals surface area contributed by atoms with Gasteiger partial charge in [0.25, 0.3) is 0 Å². The van der Waals surface area contributed by atoms with Gasteiger partial charge in [-0.2, -0.15) is 0 Å². The van der Waals surface area contributed by atoms with E-state index >= 15 is 0 Å². The maximum atomic E-state index is 13.4. The summed E-state index contributed by atoms with van der Waals surface area (Å²) < 4.78 is 10.7. The molecule has 346 valence electrons. The number of amides is 4. The van der Waals surface area contributed by atoms with Crippen molar-refractivity contribution >= 4 is 29.6 Å². The molecule has 22 heteroatoms. The molecule has 62 heavy (non-hydrogen) atoms. The van der Waals surface area contributed by atoms with Gasteiger partial charge in [0.2, 0.25) is 23.6 Å². The fourth-order valence-corrected chi connectivity index (χ4v) is 6.37. The third-order valence-corrected chi connectivity index (χ3v) is 9.83. The number of aromatic hydroxyl groups is 1. The van der Waals surface area contributed by atoms with Crippen molar-refractivity contribution in [3.8, 4) is 5.75 Å². The topological polar surface area (TPSA) is 366 Å². The standard InChI is InChI=1S/C40H59N5O17/c1-20(2)12-26(39(59)60)45-38(58)25(14-21-6-4-3-5-7-21)44-31(52)17-42-30(51)16-43-37(57)24(13-22-8-10-23(48)11-9-22)41-15-27(49)32(53)36(28(50)18-46)62-40-35(56)34(55)33(54)29(19-47)61-40/h3-11,20,24-29,32-36,40-41,46-50,53-56H,12-19H2,1-2H3,(H,42,51)(H,43,57)(H,44,52)(H,45,58)(H,59,60)/t24-,25-,26-,27-,28+,29+,32+,33+,34-,35+,36+,40-/m0/s1. The molecule has 2 aromatic rings. The molecular formula is C40H59N5O17. The van der Waals surface area contributed by atoms with Gasteiger partial charge < -0.3 is 87.1 Å². The molecule has 0 aliphatic carbocycles. The van der Waals surface area contributed by atoms with Crippen molar-refractivity contribution in [2.45, 2.75) is 106 Å². The first kappa shape index (κ1) is 51.5. The predicted molar refractivity (Wildman–Crippen MR) is 214 cm³/mol. The number of rotatable bonds is 25. The van der Waals surface area contributed by atoms with E-state index in [-0.39, 0.29) is 30.9 Å². The van der Waals surface area contributed by atoms with Gasteiger partial charge in [0.1, 0.15) is 60.6 Å². The van der Waals surface area contributed by atoms with E-state index in [1.54, 1.807) is 44.2 Å². The van der Waals surface area contributed by atoms with E-state index in [9.17, 15) is 75.0 Å². The van der Waals surface area contributed by atoms with Crippen LogP contribution >= 0.6 is 0 Å². The fourth-order valence-electron chi connectivity index (χ4n) is 6.37. The smallest absolute Gasteiger partial charge is 0.326 e. The number of phenolic OH excluding ortho intramolecular Hbond substituents is 1. The monoisotopic (exact) mass is 881 g/mol. The number of carbonyl (C=O) groups is 5. The van der Waals surface area contributed by atoms with Gasteiger partial charge in [0, 0.05) is 13.0 Å². The molecule has 3 rings (SSSR count). The van der Waals surface area contributed by atoms with Crippen molar-refractivity contribution in [3.05, 3.63) is 65.7 Å². The van der Waals surface area contributed by atoms with Gasteiger partial charge in [0.05, 0.1) is 38.4 Å². The molecule has 4 amide bonds. The number of carboxylic acid groups (broad SMARTS) is 1. The fraction of sp³-hybridized carbons (Fsp3) is 0.575. The van der Waals surface area contributed by atoms with Crippen molar-refractivity contribution in [1.29, 1.82) is 0 Å². The number of hydrogen-bond donors (Lipinski definition) is 15. The normalized spacial score (nSPS) is 22.3. The molecule has 12 atom stereocenters. The highest BCUT2D eigenvalue weighted by molar-refractivity contribution is 5.93. The van der Waals surface area contributed by atoms with Crippen LogP contribution in [0.5, 0.6) is 5.75 Å². The molecular weight excluding hydrogens is 822 g/mol. The summed E-state index contributed by atoms with van der Waals surface area (Å²) in [6.45, 7) is -0.151. The molecule has 1 fully saturated rings. The average molecular weight is 882 g/mol.